The maximum atomic E-state index is 12.3. The van der Waals surface area contributed by atoms with E-state index in [2.05, 4.69) is 0 Å². The standard InChI is InChI=1S/C13H20Cl2O3Si2/c1-19(2,3)17-12-10(15)8-7-9(14)11(12)13(16)18-20(4,5)6/h7-8H,1-6H3. The second kappa shape index (κ2) is 6.09. The SMILES string of the molecule is C[Si](C)(C)OC(=O)c1c(Cl)ccc(Cl)c1O[Si](C)(C)C. The first kappa shape index (κ1) is 17.6. The first-order valence-electron chi connectivity index (χ1n) is 6.31. The van der Waals surface area contributed by atoms with Gasteiger partial charge in [0, 0.05) is 0 Å². The smallest absolute Gasteiger partial charge is 0.330 e. The third-order valence-electron chi connectivity index (χ3n) is 2.07. The fourth-order valence-electron chi connectivity index (χ4n) is 1.46. The van der Waals surface area contributed by atoms with Crippen LogP contribution in [0.1, 0.15) is 10.4 Å². The molecule has 0 radical (unpaired) electrons. The number of rotatable bonds is 4. The fraction of sp³-hybridized carbons (Fsp3) is 0.462. The molecule has 0 aliphatic heterocycles. The Kier molecular flexibility index (Phi) is 5.35. The highest BCUT2D eigenvalue weighted by atomic mass is 35.5. The monoisotopic (exact) mass is 350 g/mol. The number of carbonyl (C=O) groups excluding carboxylic acids is 1. The molecule has 0 amide bonds. The van der Waals surface area contributed by atoms with E-state index in [0.29, 0.717) is 15.8 Å². The fourth-order valence-corrected chi connectivity index (χ4v) is 3.43. The summed E-state index contributed by atoms with van der Waals surface area (Å²) in [4.78, 5) is 12.3. The predicted molar refractivity (Wildman–Crippen MR) is 89.2 cm³/mol. The van der Waals surface area contributed by atoms with E-state index in [9.17, 15) is 4.79 Å². The zero-order chi connectivity index (χ0) is 15.7. The third kappa shape index (κ3) is 5.12. The van der Waals surface area contributed by atoms with Gasteiger partial charge in [-0.1, -0.05) is 23.2 Å². The minimum Gasteiger partial charge on any atom is -0.543 e. The van der Waals surface area contributed by atoms with Gasteiger partial charge in [-0.3, -0.25) is 0 Å². The summed E-state index contributed by atoms with van der Waals surface area (Å²) in [6, 6.07) is 3.21. The number of hydrogen-bond acceptors (Lipinski definition) is 3. The van der Waals surface area contributed by atoms with Crippen molar-refractivity contribution in [1.82, 2.24) is 0 Å². The van der Waals surface area contributed by atoms with E-state index in [0.717, 1.165) is 0 Å². The van der Waals surface area contributed by atoms with Gasteiger partial charge in [-0.2, -0.15) is 0 Å². The lowest BCUT2D eigenvalue weighted by molar-refractivity contribution is 0.0723. The van der Waals surface area contributed by atoms with Crippen LogP contribution in [0.25, 0.3) is 0 Å². The van der Waals surface area contributed by atoms with E-state index in [1.165, 1.54) is 0 Å². The topological polar surface area (TPSA) is 35.5 Å². The normalized spacial score (nSPS) is 12.2. The number of hydrogen-bond donors (Lipinski definition) is 0. The Morgan fingerprint density at radius 3 is 1.90 bits per heavy atom. The number of halogens is 2. The van der Waals surface area contributed by atoms with Crippen molar-refractivity contribution in [2.24, 2.45) is 0 Å². The molecule has 0 saturated carbocycles. The highest BCUT2D eigenvalue weighted by Crippen LogP contribution is 2.36. The van der Waals surface area contributed by atoms with Crippen LogP contribution < -0.4 is 4.43 Å². The number of carbonyl (C=O) groups is 1. The molecule has 1 rings (SSSR count). The van der Waals surface area contributed by atoms with Crippen LogP contribution in [0.4, 0.5) is 0 Å². The first-order chi connectivity index (χ1) is 8.91. The molecule has 0 N–H and O–H groups in total. The average Bonchev–Trinajstić information content (AvgIpc) is 2.18. The molecule has 0 heterocycles. The molecule has 7 heteroatoms. The predicted octanol–water partition coefficient (Wildman–Crippen LogP) is 5.20. The first-order valence-corrected chi connectivity index (χ1v) is 13.9. The zero-order valence-electron chi connectivity index (χ0n) is 12.6. The van der Waals surface area contributed by atoms with Crippen molar-refractivity contribution in [2.75, 3.05) is 0 Å². The van der Waals surface area contributed by atoms with Crippen LogP contribution in [0.2, 0.25) is 49.3 Å². The molecule has 0 atom stereocenters. The van der Waals surface area contributed by atoms with Gasteiger partial charge < -0.3 is 8.85 Å². The van der Waals surface area contributed by atoms with Gasteiger partial charge in [0.2, 0.25) is 16.6 Å². The summed E-state index contributed by atoms with van der Waals surface area (Å²) in [6.45, 7) is 11.8. The molecule has 3 nitrogen and oxygen atoms in total. The van der Waals surface area contributed by atoms with E-state index in [4.69, 9.17) is 32.1 Å². The summed E-state index contributed by atoms with van der Waals surface area (Å²) in [5.74, 6) is -0.133. The van der Waals surface area contributed by atoms with E-state index >= 15 is 0 Å². The van der Waals surface area contributed by atoms with Crippen molar-refractivity contribution in [2.45, 2.75) is 39.3 Å². The average molecular weight is 351 g/mol. The maximum Gasteiger partial charge on any atom is 0.330 e. The van der Waals surface area contributed by atoms with Crippen molar-refractivity contribution in [3.8, 4) is 5.75 Å². The summed E-state index contributed by atoms with van der Waals surface area (Å²) in [5, 5.41) is 0.672. The van der Waals surface area contributed by atoms with Crippen LogP contribution in [-0.2, 0) is 4.43 Å². The van der Waals surface area contributed by atoms with Crippen molar-refractivity contribution >= 4 is 45.8 Å². The Hall–Kier alpha value is -0.496. The second-order valence-electron chi connectivity index (χ2n) is 6.45. The van der Waals surface area contributed by atoms with Gasteiger partial charge in [-0.25, -0.2) is 4.79 Å². The molecule has 0 fully saturated rings. The molecule has 0 bridgehead atoms. The van der Waals surface area contributed by atoms with Crippen LogP contribution >= 0.6 is 23.2 Å². The van der Waals surface area contributed by atoms with Crippen LogP contribution in [0.5, 0.6) is 5.75 Å². The third-order valence-corrected chi connectivity index (χ3v) is 4.30. The van der Waals surface area contributed by atoms with E-state index in [-0.39, 0.29) is 5.56 Å². The van der Waals surface area contributed by atoms with Gasteiger partial charge in [-0.05, 0) is 51.4 Å². The highest BCUT2D eigenvalue weighted by molar-refractivity contribution is 6.72. The van der Waals surface area contributed by atoms with Gasteiger partial charge in [0.15, 0.2) is 0 Å². The Labute approximate surface area is 132 Å². The molecule has 1 aromatic rings. The van der Waals surface area contributed by atoms with Gasteiger partial charge in [0.1, 0.15) is 11.3 Å². The molecule has 0 aromatic heterocycles. The minimum absolute atomic E-state index is 0.226. The Morgan fingerprint density at radius 1 is 0.950 bits per heavy atom. The Morgan fingerprint density at radius 2 is 1.45 bits per heavy atom. The Bertz CT molecular complexity index is 520. The van der Waals surface area contributed by atoms with Gasteiger partial charge in [-0.15, -0.1) is 0 Å². The summed E-state index contributed by atoms with van der Waals surface area (Å²) in [5.41, 5.74) is 0.226. The second-order valence-corrected chi connectivity index (χ2v) is 16.1. The molecule has 0 saturated heterocycles. The van der Waals surface area contributed by atoms with Gasteiger partial charge in [0.05, 0.1) is 10.0 Å². The number of benzene rings is 1. The van der Waals surface area contributed by atoms with E-state index in [1.54, 1.807) is 12.1 Å². The van der Waals surface area contributed by atoms with Crippen molar-refractivity contribution in [3.63, 3.8) is 0 Å². The molecule has 0 unspecified atom stereocenters. The van der Waals surface area contributed by atoms with Crippen molar-refractivity contribution < 1.29 is 13.6 Å². The van der Waals surface area contributed by atoms with Crippen LogP contribution in [0, 0.1) is 0 Å². The molecule has 1 aromatic carbocycles. The lowest BCUT2D eigenvalue weighted by Crippen LogP contribution is -2.32. The lowest BCUT2D eigenvalue weighted by atomic mass is 10.2. The van der Waals surface area contributed by atoms with Crippen LogP contribution in [-0.4, -0.2) is 22.6 Å². The highest BCUT2D eigenvalue weighted by Gasteiger charge is 2.29. The van der Waals surface area contributed by atoms with E-state index in [1.807, 2.05) is 39.3 Å². The molecule has 20 heavy (non-hydrogen) atoms. The molecule has 0 aliphatic rings. The maximum absolute atomic E-state index is 12.3. The van der Waals surface area contributed by atoms with Crippen LogP contribution in [0.3, 0.4) is 0 Å². The lowest BCUT2D eigenvalue weighted by Gasteiger charge is -2.24. The largest absolute Gasteiger partial charge is 0.543 e. The van der Waals surface area contributed by atoms with Crippen LogP contribution in [0.15, 0.2) is 12.1 Å². The Balaban J connectivity index is 3.30. The zero-order valence-corrected chi connectivity index (χ0v) is 16.1. The molecule has 0 aliphatic carbocycles. The summed E-state index contributed by atoms with van der Waals surface area (Å²) < 4.78 is 11.4. The minimum atomic E-state index is -2.02. The quantitative estimate of drug-likeness (QED) is 0.700. The summed E-state index contributed by atoms with van der Waals surface area (Å²) in [6.07, 6.45) is 0. The molecular weight excluding hydrogens is 331 g/mol. The molecule has 112 valence electrons. The van der Waals surface area contributed by atoms with Crippen molar-refractivity contribution in [3.05, 3.63) is 27.7 Å². The van der Waals surface area contributed by atoms with Gasteiger partial charge in [0.25, 0.3) is 0 Å². The summed E-state index contributed by atoms with van der Waals surface area (Å²) >= 11 is 12.3. The molecule has 0 spiro atoms. The molecular formula is C13H20Cl2O3Si2. The van der Waals surface area contributed by atoms with Crippen molar-refractivity contribution in [1.29, 1.82) is 0 Å². The summed E-state index contributed by atoms with van der Waals surface area (Å²) in [7, 11) is -3.95. The van der Waals surface area contributed by atoms with Gasteiger partial charge >= 0.3 is 5.97 Å². The van der Waals surface area contributed by atoms with E-state index < -0.39 is 22.6 Å².